The van der Waals surface area contributed by atoms with Gasteiger partial charge in [0, 0.05) is 12.2 Å². The zero-order chi connectivity index (χ0) is 17.9. The molecule has 1 unspecified atom stereocenters. The summed E-state index contributed by atoms with van der Waals surface area (Å²) < 4.78 is 0. The first-order valence-electron chi connectivity index (χ1n) is 8.08. The Bertz CT molecular complexity index is 490. The number of amides is 3. The second kappa shape index (κ2) is 11.2. The summed E-state index contributed by atoms with van der Waals surface area (Å²) in [6.45, 7) is 2.47. The Morgan fingerprint density at radius 2 is 1.88 bits per heavy atom. The van der Waals surface area contributed by atoms with E-state index in [9.17, 15) is 19.2 Å². The number of hydrogen-bond donors (Lipinski definition) is 2. The summed E-state index contributed by atoms with van der Waals surface area (Å²) >= 11 is 2.73. The number of carbonyl (C=O) groups is 4. The van der Waals surface area contributed by atoms with E-state index in [1.807, 2.05) is 6.92 Å². The molecule has 0 aromatic carbocycles. The van der Waals surface area contributed by atoms with E-state index in [0.717, 1.165) is 24.2 Å². The number of ketones is 1. The molecule has 0 fully saturated rings. The van der Waals surface area contributed by atoms with Crippen LogP contribution in [0.15, 0.2) is 12.2 Å². The second-order valence-corrected chi connectivity index (χ2v) is 6.03. The van der Waals surface area contributed by atoms with Crippen LogP contribution in [0.2, 0.25) is 0 Å². The average Bonchev–Trinajstić information content (AvgIpc) is 2.89. The minimum atomic E-state index is -0.375. The molecular formula is C16H24N3O4Rh. The van der Waals surface area contributed by atoms with E-state index in [4.69, 9.17) is 0 Å². The summed E-state index contributed by atoms with van der Waals surface area (Å²) in [6.07, 6.45) is 5.38. The van der Waals surface area contributed by atoms with E-state index < -0.39 is 0 Å². The number of hydrogen-bond acceptors (Lipinski definition) is 5. The third kappa shape index (κ3) is 7.01. The summed E-state index contributed by atoms with van der Waals surface area (Å²) in [6, 6.07) is -0.129. The molecule has 1 rings (SSSR count). The molecule has 1 aliphatic rings. The summed E-state index contributed by atoms with van der Waals surface area (Å²) in [5.41, 5.74) is 0. The molecule has 7 nitrogen and oxygen atoms in total. The van der Waals surface area contributed by atoms with Crippen LogP contribution >= 0.6 is 0 Å². The molecule has 0 aromatic heterocycles. The molecule has 0 aromatic rings. The van der Waals surface area contributed by atoms with E-state index in [0.29, 0.717) is 18.1 Å². The molecule has 1 heterocycles. The van der Waals surface area contributed by atoms with Gasteiger partial charge in [-0.25, -0.2) is 0 Å². The van der Waals surface area contributed by atoms with Gasteiger partial charge >= 0.3 is 118 Å². The van der Waals surface area contributed by atoms with Gasteiger partial charge in [-0.1, -0.05) is 0 Å². The molecule has 3 amide bonds. The van der Waals surface area contributed by atoms with Crippen molar-refractivity contribution in [2.24, 2.45) is 0 Å². The molecule has 0 saturated heterocycles. The van der Waals surface area contributed by atoms with Crippen molar-refractivity contribution in [3.8, 4) is 0 Å². The molecule has 24 heavy (non-hydrogen) atoms. The third-order valence-electron chi connectivity index (χ3n) is 3.76. The van der Waals surface area contributed by atoms with E-state index in [1.165, 1.54) is 12.2 Å². The van der Waals surface area contributed by atoms with Crippen LogP contribution in [0.3, 0.4) is 0 Å². The SMILES string of the molecule is CCC(=O)C(CCCCNC(=O)CCN1C(=O)C=CC1=O)N[CH2][Rh]. The van der Waals surface area contributed by atoms with Crippen molar-refractivity contribution < 1.29 is 37.5 Å². The van der Waals surface area contributed by atoms with Crippen LogP contribution in [0.5, 0.6) is 0 Å². The molecule has 0 bridgehead atoms. The van der Waals surface area contributed by atoms with Gasteiger partial charge in [0.05, 0.1) is 0 Å². The van der Waals surface area contributed by atoms with Crippen molar-refractivity contribution in [2.75, 3.05) is 18.2 Å². The van der Waals surface area contributed by atoms with Gasteiger partial charge in [-0.15, -0.1) is 0 Å². The fraction of sp³-hybridized carbons (Fsp3) is 0.625. The van der Waals surface area contributed by atoms with E-state index in [2.05, 4.69) is 28.9 Å². The Hall–Kier alpha value is -1.40. The van der Waals surface area contributed by atoms with Gasteiger partial charge < -0.3 is 0 Å². The summed E-state index contributed by atoms with van der Waals surface area (Å²) in [7, 11) is 0. The Kier molecular flexibility index (Phi) is 9.64. The van der Waals surface area contributed by atoms with Gasteiger partial charge in [-0.2, -0.15) is 0 Å². The van der Waals surface area contributed by atoms with Crippen LogP contribution < -0.4 is 10.6 Å². The number of carbonyl (C=O) groups excluding carboxylic acids is 4. The topological polar surface area (TPSA) is 95.6 Å². The molecule has 1 aliphatic heterocycles. The first kappa shape index (κ1) is 20.6. The first-order chi connectivity index (χ1) is 11.5. The zero-order valence-corrected chi connectivity index (χ0v) is 15.4. The average molecular weight is 425 g/mol. The van der Waals surface area contributed by atoms with E-state index in [1.54, 1.807) is 0 Å². The van der Waals surface area contributed by atoms with Crippen LogP contribution in [-0.4, -0.2) is 52.7 Å². The maximum atomic E-state index is 11.7. The van der Waals surface area contributed by atoms with Crippen molar-refractivity contribution in [2.45, 2.75) is 45.1 Å². The number of imide groups is 1. The molecule has 2 N–H and O–H groups in total. The van der Waals surface area contributed by atoms with Crippen molar-refractivity contribution in [3.63, 3.8) is 0 Å². The molecular weight excluding hydrogens is 401 g/mol. The van der Waals surface area contributed by atoms with Crippen LogP contribution in [0.4, 0.5) is 0 Å². The summed E-state index contributed by atoms with van der Waals surface area (Å²) in [5.74, 6) is -0.739. The molecule has 0 aliphatic carbocycles. The van der Waals surface area contributed by atoms with Gasteiger partial charge in [-0.3, -0.25) is 9.59 Å². The molecule has 0 spiro atoms. The van der Waals surface area contributed by atoms with Gasteiger partial charge in [0.25, 0.3) is 11.8 Å². The van der Waals surface area contributed by atoms with Crippen molar-refractivity contribution in [3.05, 3.63) is 12.2 Å². The normalized spacial score (nSPS) is 15.0. The van der Waals surface area contributed by atoms with E-state index in [-0.39, 0.29) is 42.5 Å². The van der Waals surface area contributed by atoms with Crippen molar-refractivity contribution in [1.29, 1.82) is 0 Å². The fourth-order valence-corrected chi connectivity index (χ4v) is 2.76. The molecule has 136 valence electrons. The molecule has 1 atom stereocenters. The van der Waals surface area contributed by atoms with Crippen LogP contribution in [0.25, 0.3) is 0 Å². The van der Waals surface area contributed by atoms with Gasteiger partial charge in [0.2, 0.25) is 0 Å². The standard InChI is InChI=1S/C16H24N3O4.Rh/c1-3-13(20)12(17-2)6-4-5-10-18-14(21)9-11-19-15(22)7-8-16(19)23;/h7-8,12,17H,2-6,9-11H2,1H3,(H,18,21);. The van der Waals surface area contributed by atoms with Crippen LogP contribution in [0, 0.1) is 0 Å². The van der Waals surface area contributed by atoms with Crippen molar-refractivity contribution >= 4 is 23.5 Å². The molecule has 0 radical (unpaired) electrons. The Morgan fingerprint density at radius 3 is 2.46 bits per heavy atom. The predicted molar refractivity (Wildman–Crippen MR) is 84.4 cm³/mol. The fourth-order valence-electron chi connectivity index (χ4n) is 2.36. The van der Waals surface area contributed by atoms with Gasteiger partial charge in [0.15, 0.2) is 0 Å². The Balaban J connectivity index is 2.14. The predicted octanol–water partition coefficient (Wildman–Crippen LogP) is 0.0296. The minimum absolute atomic E-state index is 0.0981. The zero-order valence-electron chi connectivity index (χ0n) is 13.8. The van der Waals surface area contributed by atoms with Crippen LogP contribution in [-0.2, 0) is 37.5 Å². The third-order valence-corrected chi connectivity index (χ3v) is 4.09. The number of rotatable bonds is 12. The Morgan fingerprint density at radius 1 is 1.21 bits per heavy atom. The van der Waals surface area contributed by atoms with Crippen molar-refractivity contribution in [1.82, 2.24) is 15.5 Å². The maximum absolute atomic E-state index is 11.7. The number of nitrogens with zero attached hydrogens (tertiary/aromatic N) is 1. The second-order valence-electron chi connectivity index (χ2n) is 5.45. The number of unbranched alkanes of at least 4 members (excludes halogenated alkanes) is 1. The van der Waals surface area contributed by atoms with Gasteiger partial charge in [-0.05, 0) is 0 Å². The number of nitrogens with one attached hydrogen (secondary N) is 2. The Labute approximate surface area is 152 Å². The van der Waals surface area contributed by atoms with E-state index >= 15 is 0 Å². The summed E-state index contributed by atoms with van der Waals surface area (Å²) in [4.78, 5) is 47.2. The number of Topliss-reactive ketones (excluding diaryl/α,β-unsaturated/α-hetero) is 1. The molecule has 8 heteroatoms. The van der Waals surface area contributed by atoms with Crippen LogP contribution in [0.1, 0.15) is 39.0 Å². The quantitative estimate of drug-likeness (QED) is 0.261. The monoisotopic (exact) mass is 425 g/mol. The first-order valence-corrected chi connectivity index (χ1v) is 9.24. The molecule has 0 saturated carbocycles. The van der Waals surface area contributed by atoms with Gasteiger partial charge in [0.1, 0.15) is 0 Å². The summed E-state index contributed by atoms with van der Waals surface area (Å²) in [5, 5.41) is 6.55.